The second kappa shape index (κ2) is 9.82. The molecule has 2 heterocycles. The van der Waals surface area contributed by atoms with Crippen molar-refractivity contribution in [1.82, 2.24) is 15.1 Å². The molecule has 1 aromatic carbocycles. The van der Waals surface area contributed by atoms with Crippen LogP contribution in [0.15, 0.2) is 29.3 Å². The van der Waals surface area contributed by atoms with Crippen molar-refractivity contribution < 1.29 is 18.7 Å². The van der Waals surface area contributed by atoms with Crippen LogP contribution < -0.4 is 10.1 Å². The molecule has 7 nitrogen and oxygen atoms in total. The molecule has 2 atom stereocenters. The lowest BCUT2D eigenvalue weighted by molar-refractivity contribution is 0.0137. The number of hydrogen-bond donors (Lipinski definition) is 1. The van der Waals surface area contributed by atoms with Crippen LogP contribution in [0.25, 0.3) is 0 Å². The van der Waals surface area contributed by atoms with Gasteiger partial charge in [-0.3, -0.25) is 4.99 Å². The largest absolute Gasteiger partial charge is 0.486 e. The Labute approximate surface area is 188 Å². The first kappa shape index (κ1) is 23.5. The average molecular weight is 520 g/mol. The first-order valence-corrected chi connectivity index (χ1v) is 9.67. The number of para-hydroxylation sites is 1. The molecule has 1 amide bonds. The molecule has 1 fully saturated rings. The van der Waals surface area contributed by atoms with Crippen LogP contribution in [0.1, 0.15) is 27.7 Å². The molecule has 162 valence electrons. The Balaban J connectivity index is 0.00000300. The molecule has 1 aromatic rings. The highest BCUT2D eigenvalue weighted by molar-refractivity contribution is 14.0. The average Bonchev–Trinajstić information content (AvgIpc) is 3.03. The summed E-state index contributed by atoms with van der Waals surface area (Å²) in [5.74, 6) is 0.678. The van der Waals surface area contributed by atoms with Gasteiger partial charge in [-0.2, -0.15) is 0 Å². The molecule has 2 aliphatic heterocycles. The number of guanidine groups is 1. The third-order valence-corrected chi connectivity index (χ3v) is 4.57. The molecule has 0 bridgehead atoms. The number of hydrogen-bond acceptors (Lipinski definition) is 6. The minimum atomic E-state index is -0.499. The van der Waals surface area contributed by atoms with Crippen molar-refractivity contribution >= 4 is 36.0 Å². The minimum absolute atomic E-state index is 0. The number of ether oxygens (including phenoxy) is 2. The van der Waals surface area contributed by atoms with Crippen LogP contribution in [-0.2, 0) is 4.74 Å². The number of benzene rings is 1. The maximum absolute atomic E-state index is 13.7. The van der Waals surface area contributed by atoms with E-state index in [2.05, 4.69) is 15.2 Å². The van der Waals surface area contributed by atoms with Crippen LogP contribution in [0.2, 0.25) is 0 Å². The van der Waals surface area contributed by atoms with E-state index in [9.17, 15) is 9.18 Å². The van der Waals surface area contributed by atoms with Crippen molar-refractivity contribution in [2.45, 2.75) is 45.4 Å². The van der Waals surface area contributed by atoms with Gasteiger partial charge in [-0.25, -0.2) is 9.18 Å². The van der Waals surface area contributed by atoms with Gasteiger partial charge in [-0.1, -0.05) is 12.1 Å². The third-order valence-electron chi connectivity index (χ3n) is 4.57. The number of amides is 1. The molecule has 2 unspecified atom stereocenters. The molecule has 0 aliphatic carbocycles. The molecule has 1 saturated heterocycles. The second-order valence-corrected chi connectivity index (χ2v) is 8.18. The van der Waals surface area contributed by atoms with Crippen molar-refractivity contribution in [2.75, 3.05) is 32.7 Å². The van der Waals surface area contributed by atoms with Crippen LogP contribution in [0.4, 0.5) is 9.18 Å². The topological polar surface area (TPSA) is 66.4 Å². The van der Waals surface area contributed by atoms with Gasteiger partial charge in [0.15, 0.2) is 17.5 Å². The summed E-state index contributed by atoms with van der Waals surface area (Å²) in [4.78, 5) is 20.8. The summed E-state index contributed by atoms with van der Waals surface area (Å²) in [7, 11) is 0. The summed E-state index contributed by atoms with van der Waals surface area (Å²) in [6, 6.07) is 6.52. The smallest absolute Gasteiger partial charge is 0.410 e. The number of nitrogens with one attached hydrogen (secondary N) is 1. The van der Waals surface area contributed by atoms with Crippen LogP contribution in [0.3, 0.4) is 0 Å². The van der Waals surface area contributed by atoms with E-state index in [0.29, 0.717) is 32.7 Å². The fourth-order valence-electron chi connectivity index (χ4n) is 3.26. The first-order valence-electron chi connectivity index (χ1n) is 9.67. The fourth-order valence-corrected chi connectivity index (χ4v) is 3.26. The summed E-state index contributed by atoms with van der Waals surface area (Å²) >= 11 is 0. The van der Waals surface area contributed by atoms with Gasteiger partial charge in [-0.05, 0) is 39.8 Å². The van der Waals surface area contributed by atoms with Gasteiger partial charge in [0.1, 0.15) is 11.7 Å². The Morgan fingerprint density at radius 3 is 2.76 bits per heavy atom. The van der Waals surface area contributed by atoms with E-state index in [-0.39, 0.29) is 53.8 Å². The number of fused-ring (bicyclic) bond motifs is 1. The van der Waals surface area contributed by atoms with Gasteiger partial charge in [0.05, 0.1) is 19.1 Å². The van der Waals surface area contributed by atoms with Gasteiger partial charge in [0.2, 0.25) is 0 Å². The van der Waals surface area contributed by atoms with Crippen LogP contribution in [-0.4, -0.2) is 72.3 Å². The molecule has 0 saturated carbocycles. The predicted molar refractivity (Wildman–Crippen MR) is 121 cm³/mol. The molecule has 1 N–H and O–H groups in total. The molecule has 9 heteroatoms. The number of nitrogens with zero attached hydrogens (tertiary/aromatic N) is 3. The predicted octanol–water partition coefficient (Wildman–Crippen LogP) is 3.09. The Morgan fingerprint density at radius 1 is 1.34 bits per heavy atom. The van der Waals surface area contributed by atoms with E-state index in [4.69, 9.17) is 9.47 Å². The van der Waals surface area contributed by atoms with Crippen LogP contribution in [0.5, 0.6) is 5.75 Å². The monoisotopic (exact) mass is 520 g/mol. The van der Waals surface area contributed by atoms with Gasteiger partial charge in [0, 0.05) is 19.6 Å². The van der Waals surface area contributed by atoms with E-state index in [1.165, 1.54) is 6.07 Å². The molecule has 29 heavy (non-hydrogen) atoms. The van der Waals surface area contributed by atoms with Crippen LogP contribution >= 0.6 is 24.0 Å². The minimum Gasteiger partial charge on any atom is -0.486 e. The summed E-state index contributed by atoms with van der Waals surface area (Å²) in [5, 5.41) is 3.30. The van der Waals surface area contributed by atoms with E-state index < -0.39 is 5.60 Å². The Morgan fingerprint density at radius 2 is 2.07 bits per heavy atom. The molecular formula is C20H30FIN4O3. The van der Waals surface area contributed by atoms with Crippen molar-refractivity contribution in [3.05, 3.63) is 30.1 Å². The van der Waals surface area contributed by atoms with Gasteiger partial charge in [-0.15, -0.1) is 24.0 Å². The quantitative estimate of drug-likeness (QED) is 0.619. The zero-order chi connectivity index (χ0) is 20.3. The van der Waals surface area contributed by atoms with Gasteiger partial charge < -0.3 is 24.6 Å². The van der Waals surface area contributed by atoms with E-state index >= 15 is 0 Å². The maximum atomic E-state index is 13.7. The van der Waals surface area contributed by atoms with Gasteiger partial charge in [0.25, 0.3) is 0 Å². The highest BCUT2D eigenvalue weighted by Gasteiger charge is 2.36. The highest BCUT2D eigenvalue weighted by atomic mass is 127. The van der Waals surface area contributed by atoms with Crippen molar-refractivity contribution in [3.63, 3.8) is 0 Å². The number of carbonyl (C=O) groups is 1. The Kier molecular flexibility index (Phi) is 7.95. The summed E-state index contributed by atoms with van der Waals surface area (Å²) in [6.07, 6.45) is -0.498. The van der Waals surface area contributed by atoms with E-state index in [0.717, 1.165) is 5.96 Å². The summed E-state index contributed by atoms with van der Waals surface area (Å²) in [5.41, 5.74) is -0.499. The third kappa shape index (κ3) is 6.35. The number of halogens is 2. The summed E-state index contributed by atoms with van der Waals surface area (Å²) < 4.78 is 24.8. The lowest BCUT2D eigenvalue weighted by Gasteiger charge is -2.39. The van der Waals surface area contributed by atoms with Gasteiger partial charge >= 0.3 is 6.09 Å². The molecule has 3 rings (SSSR count). The Hall–Kier alpha value is -1.78. The number of piperazine rings is 1. The Bertz CT molecular complexity index is 741. The lowest BCUT2D eigenvalue weighted by atomic mass is 10.2. The zero-order valence-electron chi connectivity index (χ0n) is 17.4. The normalized spacial score (nSPS) is 19.6. The van der Waals surface area contributed by atoms with E-state index in [1.807, 2.05) is 27.7 Å². The zero-order valence-corrected chi connectivity index (χ0v) is 19.7. The molecular weight excluding hydrogens is 490 g/mol. The highest BCUT2D eigenvalue weighted by Crippen LogP contribution is 2.19. The maximum Gasteiger partial charge on any atom is 0.410 e. The van der Waals surface area contributed by atoms with Crippen molar-refractivity contribution in [1.29, 1.82) is 0 Å². The number of carbonyl (C=O) groups excluding carboxylic acids is 1. The number of rotatable bonds is 4. The molecule has 0 spiro atoms. The second-order valence-electron chi connectivity index (χ2n) is 8.18. The van der Waals surface area contributed by atoms with Crippen LogP contribution in [0, 0.1) is 5.82 Å². The standard InChI is InChI=1S/C20H29FN4O3.HI/c1-14(27-17-8-6-5-7-16(17)21)11-22-18-23-12-15-13-24(9-10-25(15)18)19(26)28-20(2,3)4;/h5-8,14-15H,9-13H2,1-4H3,(H,22,23);1H. The molecule has 0 aromatic heterocycles. The first-order chi connectivity index (χ1) is 13.2. The molecule has 2 aliphatic rings. The van der Waals surface area contributed by atoms with E-state index in [1.54, 1.807) is 23.1 Å². The summed E-state index contributed by atoms with van der Waals surface area (Å²) in [6.45, 7) is 10.5. The lowest BCUT2D eigenvalue weighted by Crippen LogP contribution is -2.58. The number of aliphatic imine (C=N–C) groups is 1. The fraction of sp³-hybridized carbons (Fsp3) is 0.600. The van der Waals surface area contributed by atoms with Crippen molar-refractivity contribution in [3.8, 4) is 5.75 Å². The van der Waals surface area contributed by atoms with Crippen molar-refractivity contribution in [2.24, 2.45) is 4.99 Å². The SMILES string of the molecule is CC(CNC1=NCC2CN(C(=O)OC(C)(C)C)CCN12)Oc1ccccc1F.I. The molecule has 0 radical (unpaired) electrons.